The van der Waals surface area contributed by atoms with Crippen molar-refractivity contribution in [3.8, 4) is 0 Å². The van der Waals surface area contributed by atoms with E-state index in [1.165, 1.54) is 12.8 Å². The first-order valence-corrected chi connectivity index (χ1v) is 4.71. The van der Waals surface area contributed by atoms with Gasteiger partial charge in [-0.1, -0.05) is 0 Å². The van der Waals surface area contributed by atoms with Gasteiger partial charge in [0.15, 0.2) is 0 Å². The van der Waals surface area contributed by atoms with E-state index in [2.05, 4.69) is 11.8 Å². The van der Waals surface area contributed by atoms with Crippen molar-refractivity contribution in [3.63, 3.8) is 0 Å². The molecule has 70 valence electrons. The average Bonchev–Trinajstić information content (AvgIpc) is 2.39. The summed E-state index contributed by atoms with van der Waals surface area (Å²) in [6.07, 6.45) is 2.48. The molecule has 0 N–H and O–H groups in total. The van der Waals surface area contributed by atoms with E-state index < -0.39 is 5.92 Å². The molecule has 2 fully saturated rings. The summed E-state index contributed by atoms with van der Waals surface area (Å²) in [5.74, 6) is -2.67. The molecule has 0 spiro atoms. The molecule has 1 nitrogen and oxygen atoms in total. The van der Waals surface area contributed by atoms with Gasteiger partial charge < -0.3 is 4.90 Å². The molecule has 0 bridgehead atoms. The maximum absolute atomic E-state index is 12.6. The summed E-state index contributed by atoms with van der Waals surface area (Å²) in [7, 11) is 0. The molecule has 2 aliphatic rings. The molecule has 1 aliphatic heterocycles. The second kappa shape index (κ2) is 2.66. The normalized spacial score (nSPS) is 40.2. The lowest BCUT2D eigenvalue weighted by Crippen LogP contribution is -2.30. The molecular weight excluding hydrogens is 160 g/mol. The van der Waals surface area contributed by atoms with Crippen LogP contribution in [0.25, 0.3) is 0 Å². The lowest BCUT2D eigenvalue weighted by atomic mass is 10.2. The summed E-state index contributed by atoms with van der Waals surface area (Å²) >= 11 is 0. The van der Waals surface area contributed by atoms with Crippen LogP contribution in [0.2, 0.25) is 0 Å². The minimum atomic E-state index is -2.33. The highest BCUT2D eigenvalue weighted by Gasteiger charge is 2.57. The Labute approximate surface area is 71.7 Å². The summed E-state index contributed by atoms with van der Waals surface area (Å²) in [5, 5.41) is 0. The molecule has 0 radical (unpaired) electrons. The van der Waals surface area contributed by atoms with Gasteiger partial charge in [-0.25, -0.2) is 8.78 Å². The first kappa shape index (κ1) is 8.42. The van der Waals surface area contributed by atoms with Crippen LogP contribution < -0.4 is 0 Å². The quantitative estimate of drug-likeness (QED) is 0.621. The lowest BCUT2D eigenvalue weighted by Gasteiger charge is -2.20. The monoisotopic (exact) mass is 175 g/mol. The summed E-state index contributed by atoms with van der Waals surface area (Å²) in [5.41, 5.74) is 0. The van der Waals surface area contributed by atoms with Crippen LogP contribution in [0.5, 0.6) is 0 Å². The first-order valence-electron chi connectivity index (χ1n) is 4.71. The van der Waals surface area contributed by atoms with Gasteiger partial charge in [-0.05, 0) is 26.3 Å². The van der Waals surface area contributed by atoms with Crippen molar-refractivity contribution in [1.29, 1.82) is 0 Å². The van der Waals surface area contributed by atoms with Gasteiger partial charge in [0.25, 0.3) is 5.92 Å². The van der Waals surface area contributed by atoms with Crippen molar-refractivity contribution in [2.75, 3.05) is 13.1 Å². The third-order valence-electron chi connectivity index (χ3n) is 3.10. The minimum Gasteiger partial charge on any atom is -0.300 e. The van der Waals surface area contributed by atoms with Crippen molar-refractivity contribution < 1.29 is 8.78 Å². The zero-order valence-corrected chi connectivity index (χ0v) is 7.39. The number of rotatable bonds is 2. The SMILES string of the molecule is CC1CCCN1CC1CC1(F)F. The van der Waals surface area contributed by atoms with Gasteiger partial charge in [-0.15, -0.1) is 0 Å². The number of halogens is 2. The van der Waals surface area contributed by atoms with Crippen molar-refractivity contribution in [2.24, 2.45) is 5.92 Å². The number of nitrogens with zero attached hydrogens (tertiary/aromatic N) is 1. The molecule has 12 heavy (non-hydrogen) atoms. The fourth-order valence-corrected chi connectivity index (χ4v) is 2.01. The Kier molecular flexibility index (Phi) is 1.86. The van der Waals surface area contributed by atoms with Gasteiger partial charge in [0, 0.05) is 24.9 Å². The number of likely N-dealkylation sites (tertiary alicyclic amines) is 1. The molecule has 0 amide bonds. The van der Waals surface area contributed by atoms with E-state index in [4.69, 9.17) is 0 Å². The molecule has 0 aromatic heterocycles. The Morgan fingerprint density at radius 1 is 1.50 bits per heavy atom. The first-order chi connectivity index (χ1) is 5.59. The highest BCUT2D eigenvalue weighted by Crippen LogP contribution is 2.49. The van der Waals surface area contributed by atoms with Crippen LogP contribution in [0.1, 0.15) is 26.2 Å². The van der Waals surface area contributed by atoms with Crippen LogP contribution in [-0.4, -0.2) is 30.0 Å². The van der Waals surface area contributed by atoms with Crippen LogP contribution in [-0.2, 0) is 0 Å². The van der Waals surface area contributed by atoms with E-state index in [1.54, 1.807) is 0 Å². The Morgan fingerprint density at radius 3 is 2.58 bits per heavy atom. The smallest absolute Gasteiger partial charge is 0.252 e. The zero-order valence-electron chi connectivity index (χ0n) is 7.39. The van der Waals surface area contributed by atoms with Gasteiger partial charge in [0.05, 0.1) is 0 Å². The topological polar surface area (TPSA) is 3.24 Å². The van der Waals surface area contributed by atoms with Gasteiger partial charge in [-0.3, -0.25) is 0 Å². The molecule has 0 aromatic carbocycles. The van der Waals surface area contributed by atoms with Crippen LogP contribution in [0, 0.1) is 5.92 Å². The summed E-state index contributed by atoms with van der Waals surface area (Å²) < 4.78 is 25.1. The average molecular weight is 175 g/mol. The van der Waals surface area contributed by atoms with E-state index in [9.17, 15) is 8.78 Å². The van der Waals surface area contributed by atoms with Crippen LogP contribution in [0.3, 0.4) is 0 Å². The van der Waals surface area contributed by atoms with Crippen molar-refractivity contribution in [1.82, 2.24) is 4.90 Å². The van der Waals surface area contributed by atoms with E-state index >= 15 is 0 Å². The Balaban J connectivity index is 1.80. The second-order valence-electron chi connectivity index (χ2n) is 4.15. The van der Waals surface area contributed by atoms with Crippen LogP contribution in [0.15, 0.2) is 0 Å². The van der Waals surface area contributed by atoms with Crippen molar-refractivity contribution in [2.45, 2.75) is 38.2 Å². The van der Waals surface area contributed by atoms with Gasteiger partial charge >= 0.3 is 0 Å². The van der Waals surface area contributed by atoms with E-state index in [0.29, 0.717) is 12.6 Å². The summed E-state index contributed by atoms with van der Waals surface area (Å²) in [6.45, 7) is 3.77. The van der Waals surface area contributed by atoms with E-state index in [-0.39, 0.29) is 12.3 Å². The van der Waals surface area contributed by atoms with Crippen LogP contribution in [0.4, 0.5) is 8.78 Å². The maximum Gasteiger partial charge on any atom is 0.252 e. The summed E-state index contributed by atoms with van der Waals surface area (Å²) in [4.78, 5) is 2.20. The summed E-state index contributed by atoms with van der Waals surface area (Å²) in [6, 6.07) is 0.529. The van der Waals surface area contributed by atoms with Gasteiger partial charge in [0.1, 0.15) is 0 Å². The maximum atomic E-state index is 12.6. The van der Waals surface area contributed by atoms with E-state index in [1.807, 2.05) is 0 Å². The lowest BCUT2D eigenvalue weighted by molar-refractivity contribution is 0.0864. The van der Waals surface area contributed by atoms with Gasteiger partial charge in [-0.2, -0.15) is 0 Å². The molecule has 3 heteroatoms. The third kappa shape index (κ3) is 1.47. The number of alkyl halides is 2. The van der Waals surface area contributed by atoms with E-state index in [0.717, 1.165) is 6.54 Å². The molecule has 1 saturated carbocycles. The molecule has 2 rings (SSSR count). The molecule has 2 atom stereocenters. The fraction of sp³-hybridized carbons (Fsp3) is 1.00. The highest BCUT2D eigenvalue weighted by atomic mass is 19.3. The number of hydrogen-bond acceptors (Lipinski definition) is 1. The van der Waals surface area contributed by atoms with Crippen molar-refractivity contribution >= 4 is 0 Å². The highest BCUT2D eigenvalue weighted by molar-refractivity contribution is 4.97. The fourth-order valence-electron chi connectivity index (χ4n) is 2.01. The Morgan fingerprint density at radius 2 is 2.17 bits per heavy atom. The molecule has 1 aliphatic carbocycles. The predicted molar refractivity (Wildman–Crippen MR) is 43.3 cm³/mol. The van der Waals surface area contributed by atoms with Crippen LogP contribution >= 0.6 is 0 Å². The molecule has 1 saturated heterocycles. The Hall–Kier alpha value is -0.180. The second-order valence-corrected chi connectivity index (χ2v) is 4.15. The molecule has 1 heterocycles. The largest absolute Gasteiger partial charge is 0.300 e. The number of hydrogen-bond donors (Lipinski definition) is 0. The zero-order chi connectivity index (χ0) is 8.77. The van der Waals surface area contributed by atoms with Crippen molar-refractivity contribution in [3.05, 3.63) is 0 Å². The minimum absolute atomic E-state index is 0.121. The van der Waals surface area contributed by atoms with Gasteiger partial charge in [0.2, 0.25) is 0 Å². The third-order valence-corrected chi connectivity index (χ3v) is 3.10. The molecular formula is C9H15F2N. The predicted octanol–water partition coefficient (Wildman–Crippen LogP) is 2.13. The standard InChI is InChI=1S/C9H15F2N/c1-7-3-2-4-12(7)6-8-5-9(8,10)11/h7-8H,2-6H2,1H3. The Bertz CT molecular complexity index is 181. The molecule has 2 unspecified atom stereocenters. The molecule has 0 aromatic rings.